The number of aromatic nitrogens is 1. The molecule has 1 aromatic carbocycles. The highest BCUT2D eigenvalue weighted by molar-refractivity contribution is 6.31. The normalized spacial score (nSPS) is 12.2. The predicted octanol–water partition coefficient (Wildman–Crippen LogP) is 3.79. The van der Waals surface area contributed by atoms with E-state index in [1.54, 1.807) is 24.2 Å². The van der Waals surface area contributed by atoms with E-state index in [9.17, 15) is 4.39 Å². The van der Waals surface area contributed by atoms with Gasteiger partial charge in [-0.3, -0.25) is 0 Å². The zero-order valence-corrected chi connectivity index (χ0v) is 13.2. The van der Waals surface area contributed by atoms with Crippen LogP contribution >= 0.6 is 11.6 Å². The molecule has 3 nitrogen and oxygen atoms in total. The van der Waals surface area contributed by atoms with Crippen LogP contribution in [0.3, 0.4) is 0 Å². The number of halogens is 2. The molecule has 112 valence electrons. The minimum absolute atomic E-state index is 0.0782. The third-order valence-electron chi connectivity index (χ3n) is 3.59. The number of benzene rings is 1. The lowest BCUT2D eigenvalue weighted by Crippen LogP contribution is -2.24. The Morgan fingerprint density at radius 3 is 2.71 bits per heavy atom. The van der Waals surface area contributed by atoms with Crippen molar-refractivity contribution in [2.45, 2.75) is 19.5 Å². The standard InChI is InChI=1S/C16H19ClFN3/c1-11(13-6-4-5-7-14(13)17)21(3)16-15(18)12(10-19-2)8-9-20-16/h4-9,11,19H,10H2,1-3H3. The van der Waals surface area contributed by atoms with Crippen molar-refractivity contribution in [1.82, 2.24) is 10.3 Å². The van der Waals surface area contributed by atoms with Crippen LogP contribution in [0.4, 0.5) is 10.2 Å². The van der Waals surface area contributed by atoms with Gasteiger partial charge in [-0.05, 0) is 31.7 Å². The van der Waals surface area contributed by atoms with E-state index in [0.717, 1.165) is 5.56 Å². The van der Waals surface area contributed by atoms with Crippen LogP contribution in [0, 0.1) is 5.82 Å². The summed E-state index contributed by atoms with van der Waals surface area (Å²) in [7, 11) is 3.61. The summed E-state index contributed by atoms with van der Waals surface area (Å²) in [6.07, 6.45) is 1.63. The third kappa shape index (κ3) is 3.34. The minimum Gasteiger partial charge on any atom is -0.350 e. The van der Waals surface area contributed by atoms with Crippen molar-refractivity contribution < 1.29 is 4.39 Å². The molecule has 0 radical (unpaired) electrons. The molecular formula is C16H19ClFN3. The average Bonchev–Trinajstić information content (AvgIpc) is 2.49. The Labute approximate surface area is 129 Å². The molecular weight excluding hydrogens is 289 g/mol. The van der Waals surface area contributed by atoms with Crippen LogP contribution in [0.2, 0.25) is 5.02 Å². The molecule has 5 heteroatoms. The molecule has 2 rings (SSSR count). The first-order valence-corrected chi connectivity index (χ1v) is 7.19. The molecule has 2 aromatic rings. The number of anilines is 1. The van der Waals surface area contributed by atoms with Crippen LogP contribution in [0.5, 0.6) is 0 Å². The summed E-state index contributed by atoms with van der Waals surface area (Å²) < 4.78 is 14.5. The molecule has 1 aromatic heterocycles. The second kappa shape index (κ2) is 6.87. The molecule has 1 heterocycles. The average molecular weight is 308 g/mol. The van der Waals surface area contributed by atoms with Gasteiger partial charge in [0.25, 0.3) is 0 Å². The van der Waals surface area contributed by atoms with Crippen molar-refractivity contribution in [2.24, 2.45) is 0 Å². The van der Waals surface area contributed by atoms with Gasteiger partial charge in [-0.1, -0.05) is 29.8 Å². The summed E-state index contributed by atoms with van der Waals surface area (Å²) in [6.45, 7) is 2.45. The van der Waals surface area contributed by atoms with Crippen molar-refractivity contribution in [3.63, 3.8) is 0 Å². The number of rotatable bonds is 5. The van der Waals surface area contributed by atoms with Gasteiger partial charge >= 0.3 is 0 Å². The van der Waals surface area contributed by atoms with E-state index in [0.29, 0.717) is 22.9 Å². The zero-order valence-electron chi connectivity index (χ0n) is 12.4. The summed E-state index contributed by atoms with van der Waals surface area (Å²) in [5.74, 6) is 0.0309. The summed E-state index contributed by atoms with van der Waals surface area (Å²) in [4.78, 5) is 5.98. The number of hydrogen-bond donors (Lipinski definition) is 1. The maximum atomic E-state index is 14.5. The maximum Gasteiger partial charge on any atom is 0.170 e. The second-order valence-corrected chi connectivity index (χ2v) is 5.35. The SMILES string of the molecule is CNCc1ccnc(N(C)C(C)c2ccccc2Cl)c1F. The monoisotopic (exact) mass is 307 g/mol. The Balaban J connectivity index is 2.34. The Bertz CT molecular complexity index is 618. The van der Waals surface area contributed by atoms with Crippen molar-refractivity contribution in [2.75, 3.05) is 19.0 Å². The number of nitrogens with zero attached hydrogens (tertiary/aromatic N) is 2. The fourth-order valence-corrected chi connectivity index (χ4v) is 2.54. The molecule has 21 heavy (non-hydrogen) atoms. The van der Waals surface area contributed by atoms with Crippen LogP contribution in [0.25, 0.3) is 0 Å². The van der Waals surface area contributed by atoms with E-state index in [1.807, 2.05) is 38.2 Å². The summed E-state index contributed by atoms with van der Waals surface area (Å²) >= 11 is 6.22. The van der Waals surface area contributed by atoms with Crippen molar-refractivity contribution in [1.29, 1.82) is 0 Å². The number of nitrogens with one attached hydrogen (secondary N) is 1. The van der Waals surface area contributed by atoms with Gasteiger partial charge < -0.3 is 10.2 Å². The summed E-state index contributed by atoms with van der Waals surface area (Å²) in [6, 6.07) is 9.19. The summed E-state index contributed by atoms with van der Waals surface area (Å²) in [5, 5.41) is 3.62. The second-order valence-electron chi connectivity index (χ2n) is 4.95. The van der Waals surface area contributed by atoms with Gasteiger partial charge in [0.1, 0.15) is 0 Å². The smallest absolute Gasteiger partial charge is 0.170 e. The first-order valence-electron chi connectivity index (χ1n) is 6.81. The van der Waals surface area contributed by atoms with Gasteiger partial charge in [0.15, 0.2) is 11.6 Å². The van der Waals surface area contributed by atoms with Crippen molar-refractivity contribution in [3.8, 4) is 0 Å². The maximum absolute atomic E-state index is 14.5. The van der Waals surface area contributed by atoms with Gasteiger partial charge in [0, 0.05) is 30.4 Å². The molecule has 1 N–H and O–H groups in total. The fourth-order valence-electron chi connectivity index (χ4n) is 2.25. The highest BCUT2D eigenvalue weighted by atomic mass is 35.5. The molecule has 0 saturated heterocycles. The molecule has 0 fully saturated rings. The first kappa shape index (κ1) is 15.7. The Morgan fingerprint density at radius 1 is 1.33 bits per heavy atom. The van der Waals surface area contributed by atoms with E-state index in [2.05, 4.69) is 10.3 Å². The molecule has 1 atom stereocenters. The van der Waals surface area contributed by atoms with E-state index in [4.69, 9.17) is 11.6 Å². The van der Waals surface area contributed by atoms with Gasteiger partial charge in [-0.15, -0.1) is 0 Å². The van der Waals surface area contributed by atoms with Gasteiger partial charge in [-0.25, -0.2) is 9.37 Å². The quantitative estimate of drug-likeness (QED) is 0.911. The Morgan fingerprint density at radius 2 is 2.05 bits per heavy atom. The third-order valence-corrected chi connectivity index (χ3v) is 3.93. The molecule has 0 aliphatic carbocycles. The van der Waals surface area contributed by atoms with Crippen LogP contribution < -0.4 is 10.2 Å². The van der Waals surface area contributed by atoms with Crippen LogP contribution in [0.15, 0.2) is 36.5 Å². The van der Waals surface area contributed by atoms with Crippen molar-refractivity contribution >= 4 is 17.4 Å². The highest BCUT2D eigenvalue weighted by Gasteiger charge is 2.20. The molecule has 0 aliphatic rings. The molecule has 1 unspecified atom stereocenters. The predicted molar refractivity (Wildman–Crippen MR) is 85.2 cm³/mol. The minimum atomic E-state index is -0.298. The van der Waals surface area contributed by atoms with Crippen LogP contribution in [0.1, 0.15) is 24.1 Å². The van der Waals surface area contributed by atoms with E-state index in [1.165, 1.54) is 0 Å². The lowest BCUT2D eigenvalue weighted by Gasteiger charge is -2.27. The lowest BCUT2D eigenvalue weighted by molar-refractivity contribution is 0.580. The first-order chi connectivity index (χ1) is 10.1. The van der Waals surface area contributed by atoms with Crippen LogP contribution in [-0.2, 0) is 6.54 Å². The largest absolute Gasteiger partial charge is 0.350 e. The Kier molecular flexibility index (Phi) is 5.15. The number of pyridine rings is 1. The molecule has 0 spiro atoms. The van der Waals surface area contributed by atoms with E-state index >= 15 is 0 Å². The topological polar surface area (TPSA) is 28.2 Å². The molecule has 0 bridgehead atoms. The van der Waals surface area contributed by atoms with Crippen molar-refractivity contribution in [3.05, 3.63) is 58.5 Å². The lowest BCUT2D eigenvalue weighted by atomic mass is 10.1. The van der Waals surface area contributed by atoms with E-state index < -0.39 is 0 Å². The van der Waals surface area contributed by atoms with E-state index in [-0.39, 0.29) is 11.9 Å². The number of hydrogen-bond acceptors (Lipinski definition) is 3. The van der Waals surface area contributed by atoms with Gasteiger partial charge in [0.05, 0.1) is 6.04 Å². The molecule has 0 amide bonds. The van der Waals surface area contributed by atoms with Gasteiger partial charge in [-0.2, -0.15) is 0 Å². The fraction of sp³-hybridized carbons (Fsp3) is 0.312. The highest BCUT2D eigenvalue weighted by Crippen LogP contribution is 2.30. The zero-order chi connectivity index (χ0) is 15.4. The molecule has 0 aliphatic heterocycles. The summed E-state index contributed by atoms with van der Waals surface area (Å²) in [5.41, 5.74) is 1.54. The Hall–Kier alpha value is -1.65. The molecule has 0 saturated carbocycles. The van der Waals surface area contributed by atoms with Gasteiger partial charge in [0.2, 0.25) is 0 Å². The van der Waals surface area contributed by atoms with Crippen LogP contribution in [-0.4, -0.2) is 19.1 Å².